The number of hydrogen-bond acceptors (Lipinski definition) is 2. The molecule has 1 atom stereocenters. The minimum Gasteiger partial charge on any atom is -0.491 e. The van der Waals surface area contributed by atoms with E-state index in [1.165, 1.54) is 12.0 Å². The molecule has 1 unspecified atom stereocenters. The highest BCUT2D eigenvalue weighted by Gasteiger charge is 2.41. The SMILES string of the molecule is CC(C)Oc1cccc(C2(N)CCC(C)(C)C2)c1. The van der Waals surface area contributed by atoms with Crippen LogP contribution in [0.15, 0.2) is 24.3 Å². The standard InChI is InChI=1S/C16H25NO/c1-12(2)18-14-7-5-6-13(10-14)16(17)9-8-15(3,4)11-16/h5-7,10,12H,8-9,11,17H2,1-4H3. The fraction of sp³-hybridized carbons (Fsp3) is 0.625. The van der Waals surface area contributed by atoms with E-state index in [2.05, 4.69) is 26.0 Å². The molecule has 2 N–H and O–H groups in total. The van der Waals surface area contributed by atoms with Gasteiger partial charge in [0.2, 0.25) is 0 Å². The first-order valence-corrected chi connectivity index (χ1v) is 6.87. The zero-order chi connectivity index (χ0) is 13.4. The van der Waals surface area contributed by atoms with Crippen LogP contribution in [0.3, 0.4) is 0 Å². The van der Waals surface area contributed by atoms with E-state index in [4.69, 9.17) is 10.5 Å². The Kier molecular flexibility index (Phi) is 3.41. The van der Waals surface area contributed by atoms with Crippen molar-refractivity contribution in [3.05, 3.63) is 29.8 Å². The third kappa shape index (κ3) is 2.86. The van der Waals surface area contributed by atoms with Crippen molar-refractivity contribution in [1.29, 1.82) is 0 Å². The summed E-state index contributed by atoms with van der Waals surface area (Å²) in [6, 6.07) is 8.30. The Balaban J connectivity index is 2.23. The summed E-state index contributed by atoms with van der Waals surface area (Å²) in [6.45, 7) is 8.69. The van der Waals surface area contributed by atoms with Crippen molar-refractivity contribution in [3.63, 3.8) is 0 Å². The molecule has 0 aliphatic heterocycles. The van der Waals surface area contributed by atoms with Gasteiger partial charge in [-0.2, -0.15) is 0 Å². The third-order valence-electron chi connectivity index (χ3n) is 3.82. The van der Waals surface area contributed by atoms with Gasteiger partial charge in [-0.3, -0.25) is 0 Å². The average molecular weight is 247 g/mol. The van der Waals surface area contributed by atoms with Crippen LogP contribution in [0.2, 0.25) is 0 Å². The molecule has 0 amide bonds. The van der Waals surface area contributed by atoms with Crippen molar-refractivity contribution in [2.45, 2.75) is 58.6 Å². The number of rotatable bonds is 3. The van der Waals surface area contributed by atoms with E-state index in [-0.39, 0.29) is 11.6 Å². The van der Waals surface area contributed by atoms with Crippen LogP contribution in [0, 0.1) is 5.41 Å². The zero-order valence-corrected chi connectivity index (χ0v) is 12.0. The molecule has 0 aromatic heterocycles. The van der Waals surface area contributed by atoms with E-state index in [1.807, 2.05) is 26.0 Å². The predicted molar refractivity (Wildman–Crippen MR) is 75.7 cm³/mol. The molecule has 0 radical (unpaired) electrons. The van der Waals surface area contributed by atoms with Gasteiger partial charge >= 0.3 is 0 Å². The number of hydrogen-bond donors (Lipinski definition) is 1. The largest absolute Gasteiger partial charge is 0.491 e. The molecule has 1 aromatic rings. The van der Waals surface area contributed by atoms with Gasteiger partial charge in [0.15, 0.2) is 0 Å². The van der Waals surface area contributed by atoms with Gasteiger partial charge in [0.25, 0.3) is 0 Å². The van der Waals surface area contributed by atoms with E-state index in [0.717, 1.165) is 18.6 Å². The summed E-state index contributed by atoms with van der Waals surface area (Å²) in [5.74, 6) is 0.928. The number of ether oxygens (including phenoxy) is 1. The molecule has 1 aromatic carbocycles. The van der Waals surface area contributed by atoms with Crippen molar-refractivity contribution >= 4 is 0 Å². The second-order valence-corrected chi connectivity index (χ2v) is 6.69. The maximum atomic E-state index is 6.60. The summed E-state index contributed by atoms with van der Waals surface area (Å²) in [7, 11) is 0. The molecule has 2 rings (SSSR count). The Morgan fingerprint density at radius 2 is 1.94 bits per heavy atom. The molecule has 1 fully saturated rings. The van der Waals surface area contributed by atoms with Gasteiger partial charge in [-0.1, -0.05) is 26.0 Å². The quantitative estimate of drug-likeness (QED) is 0.880. The number of benzene rings is 1. The smallest absolute Gasteiger partial charge is 0.120 e. The van der Waals surface area contributed by atoms with Crippen molar-refractivity contribution in [2.75, 3.05) is 0 Å². The molecular formula is C16H25NO. The van der Waals surface area contributed by atoms with E-state index in [0.29, 0.717) is 5.41 Å². The summed E-state index contributed by atoms with van der Waals surface area (Å²) < 4.78 is 5.76. The van der Waals surface area contributed by atoms with Gasteiger partial charge in [0.05, 0.1) is 6.10 Å². The summed E-state index contributed by atoms with van der Waals surface area (Å²) in [6.07, 6.45) is 3.50. The van der Waals surface area contributed by atoms with Crippen LogP contribution < -0.4 is 10.5 Å². The highest BCUT2D eigenvalue weighted by atomic mass is 16.5. The second kappa shape index (κ2) is 4.58. The van der Waals surface area contributed by atoms with Crippen LogP contribution in [-0.2, 0) is 5.54 Å². The molecule has 0 saturated heterocycles. The van der Waals surface area contributed by atoms with Gasteiger partial charge in [-0.05, 0) is 56.2 Å². The molecule has 1 aliphatic rings. The monoisotopic (exact) mass is 247 g/mol. The Bertz CT molecular complexity index is 425. The lowest BCUT2D eigenvalue weighted by molar-refractivity contribution is 0.241. The molecule has 0 spiro atoms. The summed E-state index contributed by atoms with van der Waals surface area (Å²) in [5.41, 5.74) is 7.98. The van der Waals surface area contributed by atoms with Crippen LogP contribution in [0.1, 0.15) is 52.5 Å². The van der Waals surface area contributed by atoms with Crippen molar-refractivity contribution in [1.82, 2.24) is 0 Å². The topological polar surface area (TPSA) is 35.2 Å². The fourth-order valence-electron chi connectivity index (χ4n) is 2.99. The molecule has 100 valence electrons. The normalized spacial score (nSPS) is 26.6. The summed E-state index contributed by atoms with van der Waals surface area (Å²) in [5, 5.41) is 0. The van der Waals surface area contributed by atoms with E-state index >= 15 is 0 Å². The molecule has 0 bridgehead atoms. The molecule has 2 heteroatoms. The van der Waals surface area contributed by atoms with Gasteiger partial charge in [-0.25, -0.2) is 0 Å². The molecule has 1 saturated carbocycles. The van der Waals surface area contributed by atoms with Crippen LogP contribution in [0.5, 0.6) is 5.75 Å². The van der Waals surface area contributed by atoms with E-state index in [9.17, 15) is 0 Å². The van der Waals surface area contributed by atoms with Gasteiger partial charge in [0.1, 0.15) is 5.75 Å². The van der Waals surface area contributed by atoms with Crippen LogP contribution in [0.4, 0.5) is 0 Å². The van der Waals surface area contributed by atoms with Crippen LogP contribution >= 0.6 is 0 Å². The second-order valence-electron chi connectivity index (χ2n) is 6.69. The number of nitrogens with two attached hydrogens (primary N) is 1. The van der Waals surface area contributed by atoms with Crippen molar-refractivity contribution in [2.24, 2.45) is 11.1 Å². The molecular weight excluding hydrogens is 222 g/mol. The lowest BCUT2D eigenvalue weighted by Crippen LogP contribution is -2.34. The maximum absolute atomic E-state index is 6.60. The minimum absolute atomic E-state index is 0.181. The van der Waals surface area contributed by atoms with Crippen LogP contribution in [0.25, 0.3) is 0 Å². The molecule has 2 nitrogen and oxygen atoms in total. The molecule has 18 heavy (non-hydrogen) atoms. The molecule has 1 aliphatic carbocycles. The zero-order valence-electron chi connectivity index (χ0n) is 12.0. The third-order valence-corrected chi connectivity index (χ3v) is 3.82. The van der Waals surface area contributed by atoms with Crippen molar-refractivity contribution < 1.29 is 4.74 Å². The minimum atomic E-state index is -0.181. The summed E-state index contributed by atoms with van der Waals surface area (Å²) in [4.78, 5) is 0. The van der Waals surface area contributed by atoms with Crippen molar-refractivity contribution in [3.8, 4) is 5.75 Å². The van der Waals surface area contributed by atoms with E-state index in [1.54, 1.807) is 0 Å². The highest BCUT2D eigenvalue weighted by Crippen LogP contribution is 2.47. The molecule has 0 heterocycles. The Morgan fingerprint density at radius 3 is 2.50 bits per heavy atom. The van der Waals surface area contributed by atoms with Crippen LogP contribution in [-0.4, -0.2) is 6.10 Å². The first kappa shape index (κ1) is 13.4. The van der Waals surface area contributed by atoms with Gasteiger partial charge < -0.3 is 10.5 Å². The predicted octanol–water partition coefficient (Wildman–Crippen LogP) is 3.84. The highest BCUT2D eigenvalue weighted by molar-refractivity contribution is 5.34. The lowest BCUT2D eigenvalue weighted by atomic mass is 9.84. The Hall–Kier alpha value is -1.02. The summed E-state index contributed by atoms with van der Waals surface area (Å²) >= 11 is 0. The lowest BCUT2D eigenvalue weighted by Gasteiger charge is -2.27. The Morgan fingerprint density at radius 1 is 1.22 bits per heavy atom. The first-order chi connectivity index (χ1) is 8.31. The Labute approximate surface area is 111 Å². The first-order valence-electron chi connectivity index (χ1n) is 6.87. The fourth-order valence-corrected chi connectivity index (χ4v) is 2.99. The van der Waals surface area contributed by atoms with Gasteiger partial charge in [-0.15, -0.1) is 0 Å². The van der Waals surface area contributed by atoms with E-state index < -0.39 is 0 Å². The maximum Gasteiger partial charge on any atom is 0.120 e. The average Bonchev–Trinajstić information content (AvgIpc) is 2.54. The van der Waals surface area contributed by atoms with Gasteiger partial charge in [0, 0.05) is 5.54 Å².